The van der Waals surface area contributed by atoms with Gasteiger partial charge in [0.1, 0.15) is 13.2 Å². The van der Waals surface area contributed by atoms with Crippen molar-refractivity contribution in [2.24, 2.45) is 0 Å². The molecule has 0 saturated heterocycles. The maximum absolute atomic E-state index is 14.3. The van der Waals surface area contributed by atoms with Gasteiger partial charge in [-0.15, -0.1) is 0 Å². The molecule has 0 heterocycles. The number of hydrogen-bond donors (Lipinski definition) is 1. The summed E-state index contributed by atoms with van der Waals surface area (Å²) in [7, 11) is 0. The van der Waals surface area contributed by atoms with Crippen molar-refractivity contribution in [3.8, 4) is 28.7 Å². The molecule has 0 aromatic heterocycles. The van der Waals surface area contributed by atoms with Crippen LogP contribution in [-0.2, 0) is 26.1 Å². The Morgan fingerprint density at radius 1 is 0.491 bits per heavy atom. The summed E-state index contributed by atoms with van der Waals surface area (Å²) in [6.45, 7) is 7.68. The molecule has 0 saturated carbocycles. The van der Waals surface area contributed by atoms with Crippen molar-refractivity contribution in [2.75, 3.05) is 0 Å². The van der Waals surface area contributed by atoms with Gasteiger partial charge in [-0.05, 0) is 110 Å². The molecule has 0 radical (unpaired) electrons. The van der Waals surface area contributed by atoms with Crippen LogP contribution in [0, 0.1) is 17.5 Å². The Hall–Kier alpha value is -6.35. The van der Waals surface area contributed by atoms with Crippen molar-refractivity contribution >= 4 is 11.6 Å². The fraction of sp³-hybridized carbons (Fsp3) is 0.174. The van der Waals surface area contributed by atoms with Crippen LogP contribution >= 0.6 is 0 Å². The lowest BCUT2D eigenvalue weighted by atomic mass is 10.1. The first-order valence-electron chi connectivity index (χ1n) is 17.7. The molecule has 1 N–H and O–H groups in total. The van der Waals surface area contributed by atoms with E-state index in [2.05, 4.69) is 13.8 Å². The maximum Gasteiger partial charge on any atom is 0.169 e. The molecule has 0 aliphatic rings. The highest BCUT2D eigenvalue weighted by molar-refractivity contribution is 5.94. The van der Waals surface area contributed by atoms with Gasteiger partial charge >= 0.3 is 0 Å². The predicted octanol–water partition coefficient (Wildman–Crippen LogP) is 11.7. The van der Waals surface area contributed by atoms with E-state index in [1.54, 1.807) is 18.2 Å². The monoisotopic (exact) mass is 748 g/mol. The van der Waals surface area contributed by atoms with Gasteiger partial charge in [-0.25, -0.2) is 13.2 Å². The lowest BCUT2D eigenvalue weighted by Gasteiger charge is -2.14. The van der Waals surface area contributed by atoms with Gasteiger partial charge in [0.05, 0.1) is 0 Å². The van der Waals surface area contributed by atoms with E-state index in [1.807, 2.05) is 84.9 Å². The maximum atomic E-state index is 14.3. The number of hydrogen-bond acceptors (Lipinski definition) is 6. The van der Waals surface area contributed by atoms with E-state index < -0.39 is 17.5 Å². The standard InChI is InChI=1S/C23H21FO3.C15H16O2.C8H6F2O/c1-3-17-9-11-22(23(13-17)26-15-18-7-5-4-6-8-18)27-21-12-10-19(16(2)25)14-20(21)24;1-2-12-8-9-14(16)15(10-12)17-11-13-6-4-3-5-7-13;1-5(11)6-2-3-7(9)8(10)4-6/h4-14H,3,15H2,1-2H3;3-10,16H,2,11H2,1H3;2-4H,1H3. The molecule has 9 heteroatoms. The highest BCUT2D eigenvalue weighted by Crippen LogP contribution is 2.35. The molecule has 0 fully saturated rings. The smallest absolute Gasteiger partial charge is 0.169 e. The third-order valence-electron chi connectivity index (χ3n) is 8.21. The average Bonchev–Trinajstić information content (AvgIpc) is 3.20. The second kappa shape index (κ2) is 20.8. The molecule has 284 valence electrons. The Balaban J connectivity index is 0.000000204. The second-order valence-corrected chi connectivity index (χ2v) is 12.3. The van der Waals surface area contributed by atoms with E-state index in [0.29, 0.717) is 36.0 Å². The molecule has 6 rings (SSSR count). The number of aromatic hydroxyl groups is 1. The zero-order chi connectivity index (χ0) is 39.7. The molecule has 0 unspecified atom stereocenters. The van der Waals surface area contributed by atoms with E-state index in [0.717, 1.165) is 47.2 Å². The first kappa shape index (κ1) is 41.4. The van der Waals surface area contributed by atoms with Gasteiger partial charge in [0.15, 0.2) is 57.8 Å². The minimum Gasteiger partial charge on any atom is -0.504 e. The van der Waals surface area contributed by atoms with Gasteiger partial charge in [0, 0.05) is 11.1 Å². The molecule has 0 aliphatic carbocycles. The van der Waals surface area contributed by atoms with E-state index in [1.165, 1.54) is 32.0 Å². The highest BCUT2D eigenvalue weighted by atomic mass is 19.2. The number of halogens is 3. The molecule has 0 aliphatic heterocycles. The van der Waals surface area contributed by atoms with Gasteiger partial charge in [0.2, 0.25) is 0 Å². The fourth-order valence-corrected chi connectivity index (χ4v) is 4.97. The number of aryl methyl sites for hydroxylation is 2. The SMILES string of the molecule is CC(=O)c1ccc(F)c(F)c1.CCc1ccc(O)c(OCc2ccccc2)c1.CCc1ccc(Oc2ccc(C(C)=O)cc2F)c(OCc2ccccc2)c1. The molecule has 0 atom stereocenters. The summed E-state index contributed by atoms with van der Waals surface area (Å²) >= 11 is 0. The van der Waals surface area contributed by atoms with Gasteiger partial charge < -0.3 is 19.3 Å². The molecule has 6 aromatic carbocycles. The van der Waals surface area contributed by atoms with Crippen molar-refractivity contribution in [1.29, 1.82) is 0 Å². The first-order valence-corrected chi connectivity index (χ1v) is 17.7. The van der Waals surface area contributed by atoms with Crippen LogP contribution < -0.4 is 14.2 Å². The van der Waals surface area contributed by atoms with Crippen molar-refractivity contribution < 1.29 is 42.1 Å². The number of phenols is 1. The number of phenolic OH excluding ortho intramolecular Hbond substituents is 1. The van der Waals surface area contributed by atoms with Crippen LogP contribution in [0.5, 0.6) is 28.7 Å². The predicted molar refractivity (Wildman–Crippen MR) is 208 cm³/mol. The number of benzene rings is 6. The summed E-state index contributed by atoms with van der Waals surface area (Å²) in [6, 6.07) is 38.1. The normalized spacial score (nSPS) is 10.2. The van der Waals surface area contributed by atoms with Crippen LogP contribution in [0.4, 0.5) is 13.2 Å². The quantitative estimate of drug-likeness (QED) is 0.126. The summed E-state index contributed by atoms with van der Waals surface area (Å²) in [6.07, 6.45) is 1.78. The lowest BCUT2D eigenvalue weighted by molar-refractivity contribution is 0.100. The van der Waals surface area contributed by atoms with Crippen LogP contribution in [-0.4, -0.2) is 16.7 Å². The number of rotatable bonds is 12. The molecular weight excluding hydrogens is 705 g/mol. The number of ketones is 2. The molecule has 0 bridgehead atoms. The average molecular weight is 749 g/mol. The zero-order valence-electron chi connectivity index (χ0n) is 31.2. The van der Waals surface area contributed by atoms with Crippen LogP contribution in [0.1, 0.15) is 70.7 Å². The fourth-order valence-electron chi connectivity index (χ4n) is 4.97. The number of carbonyl (C=O) groups is 2. The van der Waals surface area contributed by atoms with Gasteiger partial charge in [-0.1, -0.05) is 86.6 Å². The van der Waals surface area contributed by atoms with Gasteiger partial charge in [0.25, 0.3) is 0 Å². The zero-order valence-corrected chi connectivity index (χ0v) is 31.2. The Morgan fingerprint density at radius 3 is 1.47 bits per heavy atom. The van der Waals surface area contributed by atoms with Gasteiger partial charge in [-0.3, -0.25) is 9.59 Å². The summed E-state index contributed by atoms with van der Waals surface area (Å²) < 4.78 is 56.3. The van der Waals surface area contributed by atoms with Crippen molar-refractivity contribution in [3.63, 3.8) is 0 Å². The van der Waals surface area contributed by atoms with Crippen molar-refractivity contribution in [1.82, 2.24) is 0 Å². The first-order chi connectivity index (χ1) is 26.5. The third-order valence-corrected chi connectivity index (χ3v) is 8.21. The van der Waals surface area contributed by atoms with Crippen LogP contribution in [0.2, 0.25) is 0 Å². The lowest BCUT2D eigenvalue weighted by Crippen LogP contribution is -2.00. The van der Waals surface area contributed by atoms with Crippen LogP contribution in [0.25, 0.3) is 0 Å². The molecule has 6 nitrogen and oxygen atoms in total. The number of ether oxygens (including phenoxy) is 3. The minimum absolute atomic E-state index is 0.0498. The third kappa shape index (κ3) is 12.9. The van der Waals surface area contributed by atoms with Crippen LogP contribution in [0.3, 0.4) is 0 Å². The summed E-state index contributed by atoms with van der Waals surface area (Å²) in [5, 5.41) is 9.68. The Bertz CT molecular complexity index is 2170. The van der Waals surface area contributed by atoms with E-state index in [4.69, 9.17) is 14.2 Å². The van der Waals surface area contributed by atoms with E-state index >= 15 is 0 Å². The largest absolute Gasteiger partial charge is 0.504 e. The van der Waals surface area contributed by atoms with E-state index in [9.17, 15) is 27.9 Å². The van der Waals surface area contributed by atoms with E-state index in [-0.39, 0.29) is 28.6 Å². The second-order valence-electron chi connectivity index (χ2n) is 12.3. The summed E-state index contributed by atoms with van der Waals surface area (Å²) in [5.74, 6) is -1.21. The van der Waals surface area contributed by atoms with Gasteiger partial charge in [-0.2, -0.15) is 0 Å². The minimum atomic E-state index is -0.988. The topological polar surface area (TPSA) is 82.1 Å². The molecule has 0 amide bonds. The number of carbonyl (C=O) groups excluding carboxylic acids is 2. The molecule has 55 heavy (non-hydrogen) atoms. The van der Waals surface area contributed by atoms with Crippen LogP contribution in [0.15, 0.2) is 133 Å². The Labute approximate surface area is 319 Å². The number of Topliss-reactive ketones (excluding diaryl/α,β-unsaturated/α-hetero) is 2. The molecule has 6 aromatic rings. The van der Waals surface area contributed by atoms with Crippen molar-refractivity contribution in [2.45, 2.75) is 53.8 Å². The summed E-state index contributed by atoms with van der Waals surface area (Å²) in [5.41, 5.74) is 4.87. The highest BCUT2D eigenvalue weighted by Gasteiger charge is 2.13. The Kier molecular flexibility index (Phi) is 15.6. The van der Waals surface area contributed by atoms with Crippen molar-refractivity contribution in [3.05, 3.63) is 184 Å². The summed E-state index contributed by atoms with van der Waals surface area (Å²) in [4.78, 5) is 22.0. The molecular formula is C46H43F3O6. The molecule has 0 spiro atoms. The Morgan fingerprint density at radius 2 is 0.964 bits per heavy atom.